The number of carbonyl (C=O) groups excluding carboxylic acids is 2. The van der Waals surface area contributed by atoms with E-state index in [4.69, 9.17) is 28.6 Å². The Kier molecular flexibility index (Phi) is 5.88. The van der Waals surface area contributed by atoms with Crippen molar-refractivity contribution in [2.45, 2.75) is 0 Å². The van der Waals surface area contributed by atoms with Crippen molar-refractivity contribution in [2.75, 3.05) is 12.0 Å². The summed E-state index contributed by atoms with van der Waals surface area (Å²) in [5.74, 6) is -1.61. The Morgan fingerprint density at radius 3 is 2.59 bits per heavy atom. The number of hydrogen-bond acceptors (Lipinski definition) is 5. The quantitative estimate of drug-likeness (QED) is 0.422. The van der Waals surface area contributed by atoms with Crippen LogP contribution in [-0.4, -0.2) is 30.3 Å². The number of anilines is 1. The monoisotopic (exact) mass is 465 g/mol. The molecule has 2 aromatic rings. The smallest absolute Gasteiger partial charge is 0.251 e. The third-order valence-electron chi connectivity index (χ3n) is 3.80. The summed E-state index contributed by atoms with van der Waals surface area (Å²) in [6.07, 6.45) is 1.28. The number of aliphatic imine (C=N–C) groups is 1. The molecule has 6 nitrogen and oxygen atoms in total. The van der Waals surface area contributed by atoms with Gasteiger partial charge < -0.3 is 10.1 Å². The van der Waals surface area contributed by atoms with Crippen molar-refractivity contribution in [3.63, 3.8) is 0 Å². The molecule has 1 aliphatic rings. The molecule has 0 aliphatic carbocycles. The molecule has 0 radical (unpaired) electrons. The van der Waals surface area contributed by atoms with Crippen LogP contribution in [0.3, 0.4) is 0 Å². The highest BCUT2D eigenvalue weighted by atomic mass is 79.9. The van der Waals surface area contributed by atoms with Crippen LogP contribution in [0.25, 0.3) is 0 Å². The van der Waals surface area contributed by atoms with Gasteiger partial charge in [0.1, 0.15) is 5.75 Å². The molecular formula is C18H13BrClN3O3S. The second-order valence-corrected chi connectivity index (χ2v) is 7.23. The van der Waals surface area contributed by atoms with Crippen molar-refractivity contribution in [3.05, 3.63) is 52.0 Å². The van der Waals surface area contributed by atoms with Crippen molar-refractivity contribution >= 4 is 74.3 Å². The van der Waals surface area contributed by atoms with Crippen molar-refractivity contribution in [1.29, 1.82) is 0 Å². The van der Waals surface area contributed by atoms with E-state index in [0.717, 1.165) is 4.47 Å². The van der Waals surface area contributed by atoms with Crippen molar-refractivity contribution < 1.29 is 14.3 Å². The first-order valence-corrected chi connectivity index (χ1v) is 9.30. The summed E-state index contributed by atoms with van der Waals surface area (Å²) in [7, 11) is 1.51. The lowest BCUT2D eigenvalue weighted by Gasteiger charge is -2.30. The number of hydrogen-bond donors (Lipinski definition) is 1. The van der Waals surface area contributed by atoms with Crippen LogP contribution in [0, 0.1) is 5.92 Å². The molecule has 1 N–H and O–H groups in total. The van der Waals surface area contributed by atoms with Gasteiger partial charge in [-0.05, 0) is 54.7 Å². The van der Waals surface area contributed by atoms with Crippen LogP contribution in [0.15, 0.2) is 51.9 Å². The minimum Gasteiger partial charge on any atom is -0.495 e. The van der Waals surface area contributed by atoms with Crippen LogP contribution >= 0.6 is 39.7 Å². The molecule has 1 aliphatic heterocycles. The molecule has 2 aromatic carbocycles. The third-order valence-corrected chi connectivity index (χ3v) is 4.90. The SMILES string of the molecule is COc1ccc(N=C[C@@H]2C(=O)NC(=S)N(c3ccc(Br)cc3)C2=O)cc1Cl. The maximum absolute atomic E-state index is 12.8. The molecule has 1 atom stereocenters. The summed E-state index contributed by atoms with van der Waals surface area (Å²) in [5.41, 5.74) is 1.05. The van der Waals surface area contributed by atoms with Gasteiger partial charge in [0.2, 0.25) is 5.91 Å². The molecule has 9 heteroatoms. The Bertz CT molecular complexity index is 949. The largest absolute Gasteiger partial charge is 0.495 e. The number of nitrogens with one attached hydrogen (secondary N) is 1. The van der Waals surface area contributed by atoms with Crippen LogP contribution in [0.2, 0.25) is 5.02 Å². The number of halogens is 2. The standard InChI is InChI=1S/C18H13BrClN3O3S/c1-26-15-7-4-11(8-14(15)20)21-9-13-16(24)22-18(27)23(17(13)25)12-5-2-10(19)3-6-12/h2-9,13H,1H3,(H,22,24,27)/t13-/m1/s1. The zero-order chi connectivity index (χ0) is 19.6. The van der Waals surface area contributed by atoms with Gasteiger partial charge in [-0.1, -0.05) is 27.5 Å². The Morgan fingerprint density at radius 1 is 1.26 bits per heavy atom. The molecule has 0 saturated carbocycles. The number of benzene rings is 2. The normalized spacial score (nSPS) is 17.4. The maximum atomic E-state index is 12.8. The Balaban J connectivity index is 1.87. The first-order valence-electron chi connectivity index (χ1n) is 7.73. The number of thiocarbonyl (C=S) groups is 1. The van der Waals surface area contributed by atoms with E-state index < -0.39 is 17.7 Å². The summed E-state index contributed by atoms with van der Waals surface area (Å²) in [5, 5.41) is 2.95. The third kappa shape index (κ3) is 4.18. The lowest BCUT2D eigenvalue weighted by molar-refractivity contribution is -0.130. The van der Waals surface area contributed by atoms with Crippen LogP contribution in [0.1, 0.15) is 0 Å². The van der Waals surface area contributed by atoms with E-state index in [1.807, 2.05) is 0 Å². The van der Waals surface area contributed by atoms with E-state index in [-0.39, 0.29) is 5.11 Å². The van der Waals surface area contributed by atoms with Crippen molar-refractivity contribution in [2.24, 2.45) is 10.9 Å². The first-order chi connectivity index (χ1) is 12.9. The molecule has 138 valence electrons. The predicted molar refractivity (Wildman–Crippen MR) is 112 cm³/mol. The second-order valence-electron chi connectivity index (χ2n) is 5.52. The zero-order valence-corrected chi connectivity index (χ0v) is 17.1. The number of nitrogens with zero attached hydrogens (tertiary/aromatic N) is 2. The highest BCUT2D eigenvalue weighted by molar-refractivity contribution is 9.10. The molecule has 3 rings (SSSR count). The summed E-state index contributed by atoms with van der Waals surface area (Å²) in [6.45, 7) is 0. The predicted octanol–water partition coefficient (Wildman–Crippen LogP) is 3.88. The lowest BCUT2D eigenvalue weighted by Crippen LogP contribution is -2.58. The Labute approximate surface area is 174 Å². The van der Waals surface area contributed by atoms with Gasteiger partial charge in [0, 0.05) is 10.7 Å². The minimum absolute atomic E-state index is 0.0319. The summed E-state index contributed by atoms with van der Waals surface area (Å²) < 4.78 is 5.95. The first kappa shape index (κ1) is 19.5. The zero-order valence-electron chi connectivity index (χ0n) is 14.0. The average molecular weight is 467 g/mol. The van der Waals surface area contributed by atoms with E-state index in [1.165, 1.54) is 18.2 Å². The topological polar surface area (TPSA) is 71.0 Å². The second kappa shape index (κ2) is 8.16. The molecule has 1 fully saturated rings. The van der Waals surface area contributed by atoms with Crippen LogP contribution in [0.4, 0.5) is 11.4 Å². The summed E-state index contributed by atoms with van der Waals surface area (Å²) >= 11 is 14.6. The summed E-state index contributed by atoms with van der Waals surface area (Å²) in [4.78, 5) is 30.6. The highest BCUT2D eigenvalue weighted by Crippen LogP contribution is 2.29. The van der Waals surface area contributed by atoms with Gasteiger partial charge >= 0.3 is 0 Å². The number of methoxy groups -OCH3 is 1. The van der Waals surface area contributed by atoms with Crippen molar-refractivity contribution in [3.8, 4) is 5.75 Å². The van der Waals surface area contributed by atoms with Gasteiger partial charge in [-0.25, -0.2) is 0 Å². The van der Waals surface area contributed by atoms with Gasteiger partial charge in [0.15, 0.2) is 11.0 Å². The Hall–Kier alpha value is -2.29. The van der Waals surface area contributed by atoms with E-state index >= 15 is 0 Å². The fraction of sp³-hybridized carbons (Fsp3) is 0.111. The Morgan fingerprint density at radius 2 is 1.96 bits per heavy atom. The average Bonchev–Trinajstić information content (AvgIpc) is 2.63. The summed E-state index contributed by atoms with van der Waals surface area (Å²) in [6, 6.07) is 11.9. The molecule has 0 bridgehead atoms. The van der Waals surface area contributed by atoms with E-state index in [2.05, 4.69) is 26.2 Å². The van der Waals surface area contributed by atoms with Gasteiger partial charge in [-0.2, -0.15) is 0 Å². The van der Waals surface area contributed by atoms with E-state index in [1.54, 1.807) is 42.5 Å². The number of ether oxygens (including phenoxy) is 1. The highest BCUT2D eigenvalue weighted by Gasteiger charge is 2.38. The lowest BCUT2D eigenvalue weighted by atomic mass is 10.1. The van der Waals surface area contributed by atoms with Crippen LogP contribution in [0.5, 0.6) is 5.75 Å². The number of carbonyl (C=O) groups is 2. The van der Waals surface area contributed by atoms with Gasteiger partial charge in [0.05, 0.1) is 23.5 Å². The minimum atomic E-state index is -1.11. The van der Waals surface area contributed by atoms with E-state index in [9.17, 15) is 9.59 Å². The fourth-order valence-corrected chi connectivity index (χ4v) is 3.26. The van der Waals surface area contributed by atoms with Crippen LogP contribution in [-0.2, 0) is 9.59 Å². The molecule has 0 unspecified atom stereocenters. The molecule has 2 amide bonds. The molecule has 0 aromatic heterocycles. The number of rotatable bonds is 4. The number of amides is 2. The molecular weight excluding hydrogens is 454 g/mol. The van der Waals surface area contributed by atoms with Gasteiger partial charge in [0.25, 0.3) is 5.91 Å². The van der Waals surface area contributed by atoms with E-state index in [0.29, 0.717) is 22.1 Å². The molecule has 27 heavy (non-hydrogen) atoms. The fourth-order valence-electron chi connectivity index (χ4n) is 2.45. The molecule has 0 spiro atoms. The maximum Gasteiger partial charge on any atom is 0.251 e. The molecule has 1 saturated heterocycles. The van der Waals surface area contributed by atoms with Crippen LogP contribution < -0.4 is 15.0 Å². The van der Waals surface area contributed by atoms with Gasteiger partial charge in [-0.3, -0.25) is 19.5 Å². The molecule has 1 heterocycles. The van der Waals surface area contributed by atoms with Crippen molar-refractivity contribution in [1.82, 2.24) is 5.32 Å². The van der Waals surface area contributed by atoms with Gasteiger partial charge in [-0.15, -0.1) is 0 Å².